The van der Waals surface area contributed by atoms with Gasteiger partial charge in [-0.05, 0) is 22.9 Å². The minimum absolute atomic E-state index is 0.589. The van der Waals surface area contributed by atoms with Gasteiger partial charge >= 0.3 is 0 Å². The Labute approximate surface area is 108 Å². The van der Waals surface area contributed by atoms with Gasteiger partial charge in [0.15, 0.2) is 5.82 Å². The Balaban J connectivity index is 2.22. The molecule has 18 heavy (non-hydrogen) atoms. The molecule has 0 aliphatic carbocycles. The fourth-order valence-electron chi connectivity index (χ4n) is 1.39. The van der Waals surface area contributed by atoms with E-state index >= 15 is 0 Å². The quantitative estimate of drug-likeness (QED) is 0.598. The molecule has 0 saturated heterocycles. The molecule has 0 spiro atoms. The predicted octanol–water partition coefficient (Wildman–Crippen LogP) is 0.0817. The van der Waals surface area contributed by atoms with Gasteiger partial charge in [-0.15, -0.1) is 5.10 Å². The summed E-state index contributed by atoms with van der Waals surface area (Å²) < 4.78 is 12.0. The zero-order valence-electron chi connectivity index (χ0n) is 11.4. The molecule has 7 heteroatoms. The van der Waals surface area contributed by atoms with Crippen molar-refractivity contribution in [3.05, 3.63) is 5.82 Å². The van der Waals surface area contributed by atoms with Crippen LogP contribution >= 0.6 is 0 Å². The Bertz CT molecular complexity index is 316. The molecule has 1 N–H and O–H groups in total. The summed E-state index contributed by atoms with van der Waals surface area (Å²) in [7, 11) is 1.66. The van der Waals surface area contributed by atoms with Gasteiger partial charge in [0.05, 0.1) is 32.9 Å². The van der Waals surface area contributed by atoms with Gasteiger partial charge < -0.3 is 14.8 Å². The largest absolute Gasteiger partial charge is 0.382 e. The minimum atomic E-state index is 0.589. The Kier molecular flexibility index (Phi) is 7.47. The third kappa shape index (κ3) is 6.04. The van der Waals surface area contributed by atoms with E-state index in [9.17, 15) is 0 Å². The smallest absolute Gasteiger partial charge is 0.165 e. The van der Waals surface area contributed by atoms with Crippen LogP contribution in [0.4, 0.5) is 0 Å². The topological polar surface area (TPSA) is 74.1 Å². The number of nitrogens with one attached hydrogen (secondary N) is 1. The van der Waals surface area contributed by atoms with E-state index in [2.05, 4.69) is 34.7 Å². The second kappa shape index (κ2) is 8.96. The zero-order valence-corrected chi connectivity index (χ0v) is 11.4. The maximum absolute atomic E-state index is 5.38. The first-order valence-corrected chi connectivity index (χ1v) is 6.26. The third-order valence-electron chi connectivity index (χ3n) is 2.32. The van der Waals surface area contributed by atoms with E-state index < -0.39 is 0 Å². The highest BCUT2D eigenvalue weighted by molar-refractivity contribution is 4.79. The van der Waals surface area contributed by atoms with Gasteiger partial charge in [-0.2, -0.15) is 0 Å². The minimum Gasteiger partial charge on any atom is -0.382 e. The van der Waals surface area contributed by atoms with Crippen molar-refractivity contribution in [1.82, 2.24) is 25.5 Å². The Hall–Kier alpha value is -1.05. The number of methoxy groups -OCH3 is 1. The van der Waals surface area contributed by atoms with Crippen LogP contribution in [-0.2, 0) is 22.6 Å². The molecule has 1 aromatic heterocycles. The Morgan fingerprint density at radius 2 is 2.11 bits per heavy atom. The molecule has 0 aliphatic rings. The number of aromatic nitrogens is 4. The van der Waals surface area contributed by atoms with Crippen molar-refractivity contribution >= 4 is 0 Å². The van der Waals surface area contributed by atoms with Crippen LogP contribution in [0.25, 0.3) is 0 Å². The molecule has 0 aromatic carbocycles. The molecule has 7 nitrogen and oxygen atoms in total. The molecule has 1 aromatic rings. The van der Waals surface area contributed by atoms with Crippen LogP contribution in [0.2, 0.25) is 0 Å². The highest BCUT2D eigenvalue weighted by Gasteiger charge is 2.05. The van der Waals surface area contributed by atoms with E-state index in [0.29, 0.717) is 38.8 Å². The first kappa shape index (κ1) is 15.0. The van der Waals surface area contributed by atoms with E-state index in [1.807, 2.05) is 0 Å². The van der Waals surface area contributed by atoms with Crippen molar-refractivity contribution in [3.63, 3.8) is 0 Å². The van der Waals surface area contributed by atoms with Gasteiger partial charge in [-0.3, -0.25) is 0 Å². The van der Waals surface area contributed by atoms with Crippen molar-refractivity contribution in [1.29, 1.82) is 0 Å². The van der Waals surface area contributed by atoms with Gasteiger partial charge in [0.2, 0.25) is 0 Å². The molecule has 0 bridgehead atoms. The lowest BCUT2D eigenvalue weighted by Crippen LogP contribution is -2.22. The first-order chi connectivity index (χ1) is 8.74. The standard InChI is InChI=1S/C11H23N5O2/c1-10(2)8-12-9-11-13-14-15-16(11)4-5-18-7-6-17-3/h10,12H,4-9H2,1-3H3. The molecular weight excluding hydrogens is 234 g/mol. The maximum Gasteiger partial charge on any atom is 0.165 e. The molecule has 0 fully saturated rings. The van der Waals surface area contributed by atoms with Crippen molar-refractivity contribution < 1.29 is 9.47 Å². The molecule has 1 heterocycles. The van der Waals surface area contributed by atoms with E-state index in [1.54, 1.807) is 11.8 Å². The number of hydrogen-bond donors (Lipinski definition) is 1. The molecule has 0 radical (unpaired) electrons. The molecular formula is C11H23N5O2. The second-order valence-corrected chi connectivity index (χ2v) is 4.45. The zero-order chi connectivity index (χ0) is 13.2. The Morgan fingerprint density at radius 3 is 2.83 bits per heavy atom. The SMILES string of the molecule is COCCOCCn1nnnc1CNCC(C)C. The van der Waals surface area contributed by atoms with E-state index in [0.717, 1.165) is 12.4 Å². The van der Waals surface area contributed by atoms with Crippen LogP contribution in [0.3, 0.4) is 0 Å². The van der Waals surface area contributed by atoms with Crippen molar-refractivity contribution in [2.24, 2.45) is 5.92 Å². The number of rotatable bonds is 10. The fraction of sp³-hybridized carbons (Fsp3) is 0.909. The van der Waals surface area contributed by atoms with Crippen molar-refractivity contribution in [3.8, 4) is 0 Å². The average Bonchev–Trinajstić information content (AvgIpc) is 2.76. The van der Waals surface area contributed by atoms with Crippen LogP contribution in [0, 0.1) is 5.92 Å². The third-order valence-corrected chi connectivity index (χ3v) is 2.32. The second-order valence-electron chi connectivity index (χ2n) is 4.45. The molecule has 104 valence electrons. The summed E-state index contributed by atoms with van der Waals surface area (Å²) in [5, 5.41) is 14.9. The fourth-order valence-corrected chi connectivity index (χ4v) is 1.39. The molecule has 0 saturated carbocycles. The number of tetrazole rings is 1. The van der Waals surface area contributed by atoms with Crippen molar-refractivity contribution in [2.75, 3.05) is 33.5 Å². The monoisotopic (exact) mass is 257 g/mol. The molecule has 0 unspecified atom stereocenters. The lowest BCUT2D eigenvalue weighted by molar-refractivity contribution is 0.0648. The van der Waals surface area contributed by atoms with Crippen LogP contribution < -0.4 is 5.32 Å². The molecule has 0 atom stereocenters. The number of hydrogen-bond acceptors (Lipinski definition) is 6. The molecule has 0 amide bonds. The summed E-state index contributed by atoms with van der Waals surface area (Å²) in [6, 6.07) is 0. The van der Waals surface area contributed by atoms with Gasteiger partial charge in [0, 0.05) is 7.11 Å². The van der Waals surface area contributed by atoms with Crippen LogP contribution in [0.15, 0.2) is 0 Å². The van der Waals surface area contributed by atoms with Crippen LogP contribution in [0.5, 0.6) is 0 Å². The maximum atomic E-state index is 5.38. The normalized spacial score (nSPS) is 11.3. The van der Waals surface area contributed by atoms with Gasteiger partial charge in [0.25, 0.3) is 0 Å². The highest BCUT2D eigenvalue weighted by atomic mass is 16.5. The Morgan fingerprint density at radius 1 is 1.28 bits per heavy atom. The van der Waals surface area contributed by atoms with E-state index in [-0.39, 0.29) is 0 Å². The summed E-state index contributed by atoms with van der Waals surface area (Å²) in [5.74, 6) is 1.46. The van der Waals surface area contributed by atoms with Gasteiger partial charge in [0.1, 0.15) is 0 Å². The first-order valence-electron chi connectivity index (χ1n) is 6.26. The lowest BCUT2D eigenvalue weighted by Gasteiger charge is -2.08. The highest BCUT2D eigenvalue weighted by Crippen LogP contribution is 1.94. The van der Waals surface area contributed by atoms with Crippen LogP contribution in [-0.4, -0.2) is 53.7 Å². The predicted molar refractivity (Wildman–Crippen MR) is 67.1 cm³/mol. The van der Waals surface area contributed by atoms with Crippen molar-refractivity contribution in [2.45, 2.75) is 26.9 Å². The van der Waals surface area contributed by atoms with E-state index in [1.165, 1.54) is 0 Å². The summed E-state index contributed by atoms with van der Waals surface area (Å²) in [4.78, 5) is 0. The van der Waals surface area contributed by atoms with Crippen LogP contribution in [0.1, 0.15) is 19.7 Å². The van der Waals surface area contributed by atoms with E-state index in [4.69, 9.17) is 9.47 Å². The van der Waals surface area contributed by atoms with Gasteiger partial charge in [-0.25, -0.2) is 4.68 Å². The average molecular weight is 257 g/mol. The number of nitrogens with zero attached hydrogens (tertiary/aromatic N) is 4. The van der Waals surface area contributed by atoms with Gasteiger partial charge in [-0.1, -0.05) is 13.8 Å². The summed E-state index contributed by atoms with van der Waals surface area (Å²) in [6.45, 7) is 8.43. The molecule has 1 rings (SSSR count). The summed E-state index contributed by atoms with van der Waals surface area (Å²) in [6.07, 6.45) is 0. The lowest BCUT2D eigenvalue weighted by atomic mass is 10.2. The molecule has 0 aliphatic heterocycles. The summed E-state index contributed by atoms with van der Waals surface area (Å²) in [5.41, 5.74) is 0. The number of ether oxygens (including phenoxy) is 2. The summed E-state index contributed by atoms with van der Waals surface area (Å²) >= 11 is 0.